The van der Waals surface area contributed by atoms with Crippen molar-refractivity contribution in [3.05, 3.63) is 47.0 Å². The maximum Gasteiger partial charge on any atom is 0.0178 e. The van der Waals surface area contributed by atoms with E-state index in [-0.39, 0.29) is 0 Å². The van der Waals surface area contributed by atoms with Gasteiger partial charge in [-0.1, -0.05) is 36.9 Å². The van der Waals surface area contributed by atoms with Gasteiger partial charge in [0.05, 0.1) is 0 Å². The fraction of sp³-hybridized carbons (Fsp3) is 0.250. The van der Waals surface area contributed by atoms with Gasteiger partial charge < -0.3 is 0 Å². The second kappa shape index (κ2) is 5.69. The lowest BCUT2D eigenvalue weighted by atomic mass is 10.3. The first-order chi connectivity index (χ1) is 6.33. The summed E-state index contributed by atoms with van der Waals surface area (Å²) in [5.74, 6) is 0. The molecular weight excluding hydrogens is 176 g/mol. The van der Waals surface area contributed by atoms with E-state index in [9.17, 15) is 0 Å². The van der Waals surface area contributed by atoms with Crippen molar-refractivity contribution in [3.63, 3.8) is 0 Å². The van der Waals surface area contributed by atoms with Crippen molar-refractivity contribution in [2.45, 2.75) is 25.2 Å². The van der Waals surface area contributed by atoms with E-state index in [1.807, 2.05) is 23.6 Å². The molecule has 0 bridgehead atoms. The summed E-state index contributed by atoms with van der Waals surface area (Å²) in [4.78, 5) is 1.26. The number of benzene rings is 1. The Hall–Kier alpha value is -0.910. The van der Waals surface area contributed by atoms with Crippen LogP contribution in [0.5, 0.6) is 0 Å². The van der Waals surface area contributed by atoms with E-state index in [2.05, 4.69) is 31.7 Å². The largest absolute Gasteiger partial charge is 0.115 e. The zero-order valence-corrected chi connectivity index (χ0v) is 8.90. The van der Waals surface area contributed by atoms with Crippen LogP contribution in [0.1, 0.15) is 20.3 Å². The van der Waals surface area contributed by atoms with Gasteiger partial charge in [0.25, 0.3) is 0 Å². The average molecular weight is 190 g/mol. The minimum Gasteiger partial charge on any atom is -0.115 e. The highest BCUT2D eigenvalue weighted by molar-refractivity contribution is 8.02. The number of thioether (sulfide) groups is 1. The van der Waals surface area contributed by atoms with Crippen LogP contribution >= 0.6 is 11.8 Å². The van der Waals surface area contributed by atoms with Crippen molar-refractivity contribution < 1.29 is 0 Å². The van der Waals surface area contributed by atoms with Crippen molar-refractivity contribution in [2.24, 2.45) is 0 Å². The van der Waals surface area contributed by atoms with Gasteiger partial charge in [0.1, 0.15) is 0 Å². The van der Waals surface area contributed by atoms with Crippen LogP contribution < -0.4 is 0 Å². The van der Waals surface area contributed by atoms with E-state index in [1.165, 1.54) is 10.5 Å². The second-order valence-electron chi connectivity index (χ2n) is 2.83. The van der Waals surface area contributed by atoms with Gasteiger partial charge in [-0.2, -0.15) is 0 Å². The van der Waals surface area contributed by atoms with Gasteiger partial charge in [-0.25, -0.2) is 0 Å². The number of hydrogen-bond donors (Lipinski definition) is 0. The van der Waals surface area contributed by atoms with Gasteiger partial charge >= 0.3 is 0 Å². The third-order valence-corrected chi connectivity index (χ3v) is 2.55. The number of rotatable bonds is 3. The Labute approximate surface area is 84.4 Å². The molecule has 0 atom stereocenters. The molecule has 0 unspecified atom stereocenters. The van der Waals surface area contributed by atoms with Crippen molar-refractivity contribution >= 4 is 11.8 Å². The van der Waals surface area contributed by atoms with E-state index in [0.29, 0.717) is 0 Å². The molecule has 1 aromatic carbocycles. The molecule has 1 heteroatoms. The van der Waals surface area contributed by atoms with Crippen molar-refractivity contribution in [1.29, 1.82) is 0 Å². The van der Waals surface area contributed by atoms with Gasteiger partial charge in [-0.3, -0.25) is 0 Å². The van der Waals surface area contributed by atoms with Crippen LogP contribution in [-0.4, -0.2) is 0 Å². The quantitative estimate of drug-likeness (QED) is 0.507. The molecule has 0 N–H and O–H groups in total. The lowest BCUT2D eigenvalue weighted by Gasteiger charge is -1.92. The molecule has 0 aliphatic rings. The molecule has 1 rings (SSSR count). The summed E-state index contributed by atoms with van der Waals surface area (Å²) in [5, 5.41) is 2.02. The Morgan fingerprint density at radius 1 is 1.38 bits per heavy atom. The fourth-order valence-electron chi connectivity index (χ4n) is 0.799. The first-order valence-electron chi connectivity index (χ1n) is 4.45. The Bertz CT molecular complexity index is 305. The molecule has 0 radical (unpaired) electrons. The topological polar surface area (TPSA) is 0 Å². The van der Waals surface area contributed by atoms with Crippen LogP contribution in [0, 0.1) is 0 Å². The highest BCUT2D eigenvalue weighted by Gasteiger charge is 1.85. The summed E-state index contributed by atoms with van der Waals surface area (Å²) >= 11 is 1.71. The molecule has 0 amide bonds. The summed E-state index contributed by atoms with van der Waals surface area (Å²) in [5.41, 5.74) is 4.53. The molecular formula is C12H14S. The Balaban J connectivity index is 2.58. The molecule has 0 nitrogen and oxygen atoms in total. The van der Waals surface area contributed by atoms with E-state index in [0.717, 1.165) is 6.42 Å². The van der Waals surface area contributed by atoms with Gasteiger partial charge in [0.2, 0.25) is 0 Å². The molecule has 0 saturated carbocycles. The molecule has 0 fully saturated rings. The molecule has 0 aliphatic carbocycles. The lowest BCUT2D eigenvalue weighted by Crippen LogP contribution is -1.65. The molecule has 13 heavy (non-hydrogen) atoms. The smallest absolute Gasteiger partial charge is 0.0178 e. The van der Waals surface area contributed by atoms with Gasteiger partial charge in [-0.15, -0.1) is 5.73 Å². The first kappa shape index (κ1) is 10.2. The summed E-state index contributed by atoms with van der Waals surface area (Å²) < 4.78 is 0. The third kappa shape index (κ3) is 4.02. The predicted molar refractivity (Wildman–Crippen MR) is 59.9 cm³/mol. The second-order valence-corrected chi connectivity index (χ2v) is 3.77. The fourth-order valence-corrected chi connectivity index (χ4v) is 1.51. The standard InChI is InChI=1S/C12H14S/c1-3-11(2)9-10-13-12-7-5-4-6-8-12/h4-8,10H,3H2,1-2H3. The van der Waals surface area contributed by atoms with Crippen LogP contribution in [0.25, 0.3) is 0 Å². The Morgan fingerprint density at radius 2 is 2.08 bits per heavy atom. The van der Waals surface area contributed by atoms with E-state index in [1.54, 1.807) is 11.8 Å². The summed E-state index contributed by atoms with van der Waals surface area (Å²) in [7, 11) is 0. The van der Waals surface area contributed by atoms with Gasteiger partial charge in [0.15, 0.2) is 0 Å². The SMILES string of the molecule is CCC(C)=C=CSc1ccccc1. The molecule has 0 aliphatic heterocycles. The van der Waals surface area contributed by atoms with E-state index < -0.39 is 0 Å². The van der Waals surface area contributed by atoms with Crippen LogP contribution in [0.4, 0.5) is 0 Å². The van der Waals surface area contributed by atoms with Crippen molar-refractivity contribution in [1.82, 2.24) is 0 Å². The van der Waals surface area contributed by atoms with Crippen LogP contribution in [-0.2, 0) is 0 Å². The van der Waals surface area contributed by atoms with Gasteiger partial charge in [0, 0.05) is 10.3 Å². The van der Waals surface area contributed by atoms with E-state index in [4.69, 9.17) is 0 Å². The van der Waals surface area contributed by atoms with Crippen LogP contribution in [0.15, 0.2) is 51.9 Å². The Morgan fingerprint density at radius 3 is 2.69 bits per heavy atom. The van der Waals surface area contributed by atoms with Crippen molar-refractivity contribution in [2.75, 3.05) is 0 Å². The first-order valence-corrected chi connectivity index (χ1v) is 5.33. The lowest BCUT2D eigenvalue weighted by molar-refractivity contribution is 1.11. The van der Waals surface area contributed by atoms with Crippen LogP contribution in [0.2, 0.25) is 0 Å². The third-order valence-electron chi connectivity index (χ3n) is 1.77. The molecule has 0 saturated heterocycles. The molecule has 1 aromatic rings. The molecule has 0 spiro atoms. The molecule has 68 valence electrons. The minimum absolute atomic E-state index is 1.08. The average Bonchev–Trinajstić information content (AvgIpc) is 2.19. The van der Waals surface area contributed by atoms with Gasteiger partial charge in [-0.05, 0) is 31.1 Å². The zero-order valence-electron chi connectivity index (χ0n) is 8.08. The summed E-state index contributed by atoms with van der Waals surface area (Å²) in [6, 6.07) is 10.3. The highest BCUT2D eigenvalue weighted by Crippen LogP contribution is 2.17. The summed E-state index contributed by atoms with van der Waals surface area (Å²) in [6.07, 6.45) is 1.08. The van der Waals surface area contributed by atoms with Crippen molar-refractivity contribution in [3.8, 4) is 0 Å². The predicted octanol–water partition coefficient (Wildman–Crippen LogP) is 4.25. The number of allylic oxidation sites excluding steroid dienone is 1. The molecule has 0 aromatic heterocycles. The maximum absolute atomic E-state index is 3.24. The monoisotopic (exact) mass is 190 g/mol. The normalized spacial score (nSPS) is 9.08. The summed E-state index contributed by atoms with van der Waals surface area (Å²) in [6.45, 7) is 4.24. The minimum atomic E-state index is 1.08. The zero-order chi connectivity index (χ0) is 9.52. The highest BCUT2D eigenvalue weighted by atomic mass is 32.2. The van der Waals surface area contributed by atoms with E-state index >= 15 is 0 Å². The molecule has 0 heterocycles. The maximum atomic E-state index is 3.24. The Kier molecular flexibility index (Phi) is 4.45. The number of hydrogen-bond acceptors (Lipinski definition) is 1. The van der Waals surface area contributed by atoms with Crippen LogP contribution in [0.3, 0.4) is 0 Å².